The molecule has 0 aliphatic carbocycles. The van der Waals surface area contributed by atoms with Crippen LogP contribution in [0, 0.1) is 22.7 Å². The van der Waals surface area contributed by atoms with Crippen LogP contribution in [-0.2, 0) is 12.4 Å². The first-order chi connectivity index (χ1) is 24.0. The van der Waals surface area contributed by atoms with Gasteiger partial charge >= 0.3 is 12.4 Å². The Balaban J connectivity index is 1.36. The van der Waals surface area contributed by atoms with E-state index in [1.165, 1.54) is 12.1 Å². The standard InChI is InChI=1S/C40H20F6N4/c41-39(42,43)27-13-15-35-31(19-27)29-5-1-3-7-33(29)49(35)37-17-23(9-11-25(37)21-47)24-10-12-26(22-48)38(18-24)50-34-8-4-2-6-30(34)32-20-28(40(44,45)46)14-16-36(32)50/h1-20H. The average molecular weight is 671 g/mol. The van der Waals surface area contributed by atoms with E-state index in [9.17, 15) is 36.9 Å². The summed E-state index contributed by atoms with van der Waals surface area (Å²) in [6.45, 7) is 0. The molecular weight excluding hydrogens is 650 g/mol. The molecule has 0 radical (unpaired) electrons. The van der Waals surface area contributed by atoms with Gasteiger partial charge < -0.3 is 9.13 Å². The number of hydrogen-bond donors (Lipinski definition) is 0. The first-order valence-electron chi connectivity index (χ1n) is 15.3. The number of hydrogen-bond acceptors (Lipinski definition) is 2. The number of para-hydroxylation sites is 2. The van der Waals surface area contributed by atoms with E-state index in [1.54, 1.807) is 94.1 Å². The van der Waals surface area contributed by atoms with Crippen molar-refractivity contribution in [3.8, 4) is 34.6 Å². The minimum Gasteiger partial charge on any atom is -0.308 e. The van der Waals surface area contributed by atoms with Crippen molar-refractivity contribution < 1.29 is 26.3 Å². The van der Waals surface area contributed by atoms with Gasteiger partial charge in [0.2, 0.25) is 0 Å². The second-order valence-electron chi connectivity index (χ2n) is 11.9. The van der Waals surface area contributed by atoms with Gasteiger partial charge in [-0.05, 0) is 83.9 Å². The maximum Gasteiger partial charge on any atom is 0.416 e. The Morgan fingerprint density at radius 2 is 0.800 bits per heavy atom. The van der Waals surface area contributed by atoms with Crippen LogP contribution in [0.2, 0.25) is 0 Å². The zero-order valence-electron chi connectivity index (χ0n) is 25.6. The Morgan fingerprint density at radius 1 is 0.420 bits per heavy atom. The number of rotatable bonds is 3. The van der Waals surface area contributed by atoms with Crippen LogP contribution in [0.3, 0.4) is 0 Å². The highest BCUT2D eigenvalue weighted by Gasteiger charge is 2.32. The van der Waals surface area contributed by atoms with Crippen LogP contribution in [-0.4, -0.2) is 9.13 Å². The molecule has 2 heterocycles. The number of fused-ring (bicyclic) bond motifs is 6. The van der Waals surface area contributed by atoms with E-state index in [4.69, 9.17) is 0 Å². The molecule has 242 valence electrons. The summed E-state index contributed by atoms with van der Waals surface area (Å²) in [6, 6.07) is 35.8. The molecule has 50 heavy (non-hydrogen) atoms. The minimum atomic E-state index is -4.54. The Labute approximate surface area is 279 Å². The SMILES string of the molecule is N#Cc1ccc(-c2ccc(C#N)c(-n3c4ccccc4c4cc(C(F)(F)F)ccc43)c2)cc1-n1c2ccccc2c2cc(C(F)(F)F)ccc21. The normalized spacial score (nSPS) is 12.2. The maximum atomic E-state index is 13.7. The fraction of sp³-hybridized carbons (Fsp3) is 0.0500. The molecule has 0 fully saturated rings. The highest BCUT2D eigenvalue weighted by atomic mass is 19.4. The Bertz CT molecular complexity index is 2580. The monoisotopic (exact) mass is 670 g/mol. The molecule has 6 aromatic carbocycles. The van der Waals surface area contributed by atoms with E-state index in [2.05, 4.69) is 12.1 Å². The van der Waals surface area contributed by atoms with Crippen LogP contribution in [0.4, 0.5) is 26.3 Å². The molecule has 8 rings (SSSR count). The van der Waals surface area contributed by atoms with Crippen molar-refractivity contribution in [1.82, 2.24) is 9.13 Å². The summed E-state index contributed by atoms with van der Waals surface area (Å²) in [5.41, 5.74) is 3.36. The van der Waals surface area contributed by atoms with Crippen LogP contribution >= 0.6 is 0 Å². The lowest BCUT2D eigenvalue weighted by Crippen LogP contribution is -2.04. The third-order valence-corrected chi connectivity index (χ3v) is 9.05. The highest BCUT2D eigenvalue weighted by molar-refractivity contribution is 6.11. The third-order valence-electron chi connectivity index (χ3n) is 9.05. The molecule has 0 N–H and O–H groups in total. The van der Waals surface area contributed by atoms with Crippen LogP contribution in [0.5, 0.6) is 0 Å². The maximum absolute atomic E-state index is 13.7. The second-order valence-corrected chi connectivity index (χ2v) is 11.9. The van der Waals surface area contributed by atoms with Crippen LogP contribution in [0.1, 0.15) is 22.3 Å². The minimum absolute atomic E-state index is 0.285. The zero-order chi connectivity index (χ0) is 34.9. The van der Waals surface area contributed by atoms with Gasteiger partial charge in [0.1, 0.15) is 12.1 Å². The quantitative estimate of drug-likeness (QED) is 0.176. The summed E-state index contributed by atoms with van der Waals surface area (Å²) >= 11 is 0. The van der Waals surface area contributed by atoms with Gasteiger partial charge in [0.05, 0.1) is 55.7 Å². The summed E-state index contributed by atoms with van der Waals surface area (Å²) in [5, 5.41) is 22.3. The summed E-state index contributed by atoms with van der Waals surface area (Å²) in [7, 11) is 0. The average Bonchev–Trinajstić information content (AvgIpc) is 3.62. The van der Waals surface area contributed by atoms with E-state index in [0.29, 0.717) is 66.1 Å². The van der Waals surface area contributed by atoms with Gasteiger partial charge in [-0.1, -0.05) is 48.5 Å². The zero-order valence-corrected chi connectivity index (χ0v) is 25.6. The molecule has 0 spiro atoms. The van der Waals surface area contributed by atoms with E-state index >= 15 is 0 Å². The first kappa shape index (κ1) is 30.8. The summed E-state index contributed by atoms with van der Waals surface area (Å²) in [4.78, 5) is 0. The van der Waals surface area contributed by atoms with Crippen LogP contribution in [0.15, 0.2) is 121 Å². The lowest BCUT2D eigenvalue weighted by molar-refractivity contribution is -0.138. The van der Waals surface area contributed by atoms with Crippen molar-refractivity contribution in [2.24, 2.45) is 0 Å². The van der Waals surface area contributed by atoms with E-state index in [-0.39, 0.29) is 11.1 Å². The first-order valence-corrected chi connectivity index (χ1v) is 15.3. The lowest BCUT2D eigenvalue weighted by Gasteiger charge is -2.15. The number of aromatic nitrogens is 2. The molecule has 0 aliphatic rings. The highest BCUT2D eigenvalue weighted by Crippen LogP contribution is 2.41. The van der Waals surface area contributed by atoms with Crippen molar-refractivity contribution in [1.29, 1.82) is 10.5 Å². The lowest BCUT2D eigenvalue weighted by atomic mass is 9.99. The molecule has 0 unspecified atom stereocenters. The number of alkyl halides is 6. The third kappa shape index (κ3) is 4.76. The molecule has 4 nitrogen and oxygen atoms in total. The molecule has 0 aliphatic heterocycles. The fourth-order valence-corrected chi connectivity index (χ4v) is 6.80. The Hall–Kier alpha value is -6.52. The topological polar surface area (TPSA) is 57.4 Å². The van der Waals surface area contributed by atoms with Gasteiger partial charge in [0, 0.05) is 21.5 Å². The van der Waals surface area contributed by atoms with E-state index in [0.717, 1.165) is 24.3 Å². The predicted molar refractivity (Wildman–Crippen MR) is 180 cm³/mol. The Kier molecular flexibility index (Phi) is 6.78. The summed E-state index contributed by atoms with van der Waals surface area (Å²) in [6.07, 6.45) is -9.08. The second kappa shape index (κ2) is 11.0. The van der Waals surface area contributed by atoms with Gasteiger partial charge in [0.15, 0.2) is 0 Å². The van der Waals surface area contributed by atoms with Crippen LogP contribution in [0.25, 0.3) is 66.1 Å². The molecule has 0 saturated heterocycles. The Morgan fingerprint density at radius 3 is 1.18 bits per heavy atom. The molecule has 8 aromatic rings. The largest absolute Gasteiger partial charge is 0.416 e. The van der Waals surface area contributed by atoms with E-state index < -0.39 is 23.5 Å². The van der Waals surface area contributed by atoms with Crippen LogP contribution < -0.4 is 0 Å². The van der Waals surface area contributed by atoms with Crippen molar-refractivity contribution in [2.75, 3.05) is 0 Å². The molecule has 10 heteroatoms. The van der Waals surface area contributed by atoms with Crippen molar-refractivity contribution >= 4 is 43.6 Å². The fourth-order valence-electron chi connectivity index (χ4n) is 6.80. The van der Waals surface area contributed by atoms with Crippen molar-refractivity contribution in [2.45, 2.75) is 12.4 Å². The molecule has 2 aromatic heterocycles. The van der Waals surface area contributed by atoms with Gasteiger partial charge in [-0.2, -0.15) is 36.9 Å². The molecule has 0 amide bonds. The van der Waals surface area contributed by atoms with Gasteiger partial charge in [0.25, 0.3) is 0 Å². The summed E-state index contributed by atoms with van der Waals surface area (Å²) < 4.78 is 85.8. The van der Waals surface area contributed by atoms with Crippen molar-refractivity contribution in [3.63, 3.8) is 0 Å². The number of nitrogens with zero attached hydrogens (tertiary/aromatic N) is 4. The smallest absolute Gasteiger partial charge is 0.308 e. The number of halogens is 6. The number of nitriles is 2. The summed E-state index contributed by atoms with van der Waals surface area (Å²) in [5.74, 6) is 0. The predicted octanol–water partition coefficient (Wildman–Crippen LogP) is 11.3. The molecule has 0 atom stereocenters. The molecule has 0 saturated carbocycles. The van der Waals surface area contributed by atoms with Gasteiger partial charge in [-0.3, -0.25) is 0 Å². The van der Waals surface area contributed by atoms with Gasteiger partial charge in [-0.25, -0.2) is 0 Å². The van der Waals surface area contributed by atoms with E-state index in [1.807, 2.05) is 0 Å². The van der Waals surface area contributed by atoms with Crippen molar-refractivity contribution in [3.05, 3.63) is 144 Å². The molecular formula is C40H20F6N4. The molecule has 0 bridgehead atoms. The number of benzene rings is 6. The van der Waals surface area contributed by atoms with Gasteiger partial charge in [-0.15, -0.1) is 0 Å².